The highest BCUT2D eigenvalue weighted by Gasteiger charge is 2.22. The highest BCUT2D eigenvalue weighted by atomic mass is 19.1. The Morgan fingerprint density at radius 2 is 1.80 bits per heavy atom. The average molecular weight is 347 g/mol. The van der Waals surface area contributed by atoms with Gasteiger partial charge in [-0.3, -0.25) is 4.79 Å². The fourth-order valence-electron chi connectivity index (χ4n) is 2.38. The van der Waals surface area contributed by atoms with Gasteiger partial charge in [0.05, 0.1) is 13.5 Å². The van der Waals surface area contributed by atoms with Crippen LogP contribution in [0.1, 0.15) is 16.7 Å². The van der Waals surface area contributed by atoms with Crippen LogP contribution < -0.4 is 5.32 Å². The molecule has 0 saturated carbocycles. The minimum absolute atomic E-state index is 0.0536. The fourth-order valence-corrected chi connectivity index (χ4v) is 2.38. The van der Waals surface area contributed by atoms with E-state index in [2.05, 4.69) is 5.32 Å². The quantitative estimate of drug-likeness (QED) is 0.818. The van der Waals surface area contributed by atoms with E-state index in [1.165, 1.54) is 13.2 Å². The van der Waals surface area contributed by atoms with E-state index in [1.807, 2.05) is 31.2 Å². The molecular weight excluding hydrogens is 328 g/mol. The molecule has 2 aromatic carbocycles. The molecule has 0 aliphatic heterocycles. The maximum absolute atomic E-state index is 13.6. The number of hydrogen-bond acceptors (Lipinski definition) is 3. The fraction of sp³-hybridized carbons (Fsp3) is 0.263. The predicted octanol–water partition coefficient (Wildman–Crippen LogP) is 2.72. The minimum atomic E-state index is -0.885. The van der Waals surface area contributed by atoms with Crippen LogP contribution in [0.15, 0.2) is 42.5 Å². The number of benzene rings is 2. The molecule has 0 heterocycles. The van der Waals surface area contributed by atoms with Crippen molar-refractivity contribution >= 4 is 11.9 Å². The minimum Gasteiger partial charge on any atom is -0.467 e. The van der Waals surface area contributed by atoms with Crippen molar-refractivity contribution < 1.29 is 23.1 Å². The third kappa shape index (κ3) is 5.38. The van der Waals surface area contributed by atoms with Crippen molar-refractivity contribution in [3.05, 3.63) is 70.8 Å². The average Bonchev–Trinajstić information content (AvgIpc) is 2.58. The van der Waals surface area contributed by atoms with E-state index in [0.29, 0.717) is 6.07 Å². The van der Waals surface area contributed by atoms with Gasteiger partial charge in [-0.25, -0.2) is 13.6 Å². The molecule has 2 rings (SSSR count). The first-order valence-corrected chi connectivity index (χ1v) is 7.75. The van der Waals surface area contributed by atoms with Crippen LogP contribution in [-0.4, -0.2) is 25.0 Å². The Hall–Kier alpha value is -2.76. The second-order valence-corrected chi connectivity index (χ2v) is 5.75. The molecule has 1 atom stereocenters. The number of carbonyl (C=O) groups is 2. The third-order valence-electron chi connectivity index (χ3n) is 3.75. The monoisotopic (exact) mass is 347 g/mol. The number of rotatable bonds is 6. The van der Waals surface area contributed by atoms with Crippen molar-refractivity contribution in [1.29, 1.82) is 0 Å². The number of aryl methyl sites for hydroxylation is 1. The molecular formula is C19H19F2NO3. The molecule has 0 saturated heterocycles. The molecule has 2 aromatic rings. The Labute approximate surface area is 144 Å². The second kappa shape index (κ2) is 8.37. The van der Waals surface area contributed by atoms with Gasteiger partial charge in [0, 0.05) is 12.5 Å². The zero-order valence-electron chi connectivity index (χ0n) is 14.0. The highest BCUT2D eigenvalue weighted by Crippen LogP contribution is 2.11. The standard InChI is InChI=1S/C19H19F2NO3/c1-12-3-5-13(6-4-12)9-17(19(24)25-2)22-18(23)10-14-7-8-15(20)11-16(14)21/h3-8,11,17H,9-10H2,1-2H3,(H,22,23)/t17-/m1/s1. The summed E-state index contributed by atoms with van der Waals surface area (Å²) in [6.45, 7) is 1.95. The summed E-state index contributed by atoms with van der Waals surface area (Å²) in [6, 6.07) is 9.64. The molecule has 0 radical (unpaired) electrons. The van der Waals surface area contributed by atoms with Crippen molar-refractivity contribution in [1.82, 2.24) is 5.32 Å². The summed E-state index contributed by atoms with van der Waals surface area (Å²) in [5, 5.41) is 2.55. The number of carbonyl (C=O) groups excluding carboxylic acids is 2. The van der Waals surface area contributed by atoms with Crippen LogP contribution in [0, 0.1) is 18.6 Å². The van der Waals surface area contributed by atoms with E-state index < -0.39 is 29.6 Å². The van der Waals surface area contributed by atoms with Crippen LogP contribution in [-0.2, 0) is 27.2 Å². The molecule has 0 bridgehead atoms. The maximum Gasteiger partial charge on any atom is 0.328 e. The molecule has 0 fully saturated rings. The van der Waals surface area contributed by atoms with Crippen molar-refractivity contribution in [3.63, 3.8) is 0 Å². The Bertz CT molecular complexity index is 760. The third-order valence-corrected chi connectivity index (χ3v) is 3.75. The summed E-state index contributed by atoms with van der Waals surface area (Å²) in [5.41, 5.74) is 1.99. The summed E-state index contributed by atoms with van der Waals surface area (Å²) < 4.78 is 31.3. The van der Waals surface area contributed by atoms with E-state index in [0.717, 1.165) is 17.2 Å². The zero-order chi connectivity index (χ0) is 18.4. The normalized spacial score (nSPS) is 11.7. The first kappa shape index (κ1) is 18.6. The lowest BCUT2D eigenvalue weighted by atomic mass is 10.0. The SMILES string of the molecule is COC(=O)[C@@H](Cc1ccc(C)cc1)NC(=O)Cc1ccc(F)cc1F. The van der Waals surface area contributed by atoms with Gasteiger partial charge in [-0.2, -0.15) is 0 Å². The van der Waals surface area contributed by atoms with Crippen LogP contribution in [0.3, 0.4) is 0 Å². The first-order chi connectivity index (χ1) is 11.9. The summed E-state index contributed by atoms with van der Waals surface area (Å²) in [5.74, 6) is -2.65. The Morgan fingerprint density at radius 3 is 2.40 bits per heavy atom. The van der Waals surface area contributed by atoms with E-state index in [9.17, 15) is 18.4 Å². The molecule has 0 unspecified atom stereocenters. The summed E-state index contributed by atoms with van der Waals surface area (Å²) in [4.78, 5) is 24.1. The number of amides is 1. The lowest BCUT2D eigenvalue weighted by Gasteiger charge is -2.17. The highest BCUT2D eigenvalue weighted by molar-refractivity contribution is 5.85. The molecule has 132 valence electrons. The maximum atomic E-state index is 13.6. The number of hydrogen-bond donors (Lipinski definition) is 1. The number of methoxy groups -OCH3 is 1. The molecule has 6 heteroatoms. The summed E-state index contributed by atoms with van der Waals surface area (Å²) in [7, 11) is 1.23. The van der Waals surface area contributed by atoms with Crippen molar-refractivity contribution in [3.8, 4) is 0 Å². The van der Waals surface area contributed by atoms with Gasteiger partial charge in [0.1, 0.15) is 17.7 Å². The van der Waals surface area contributed by atoms with Gasteiger partial charge in [-0.1, -0.05) is 35.9 Å². The van der Waals surface area contributed by atoms with Gasteiger partial charge in [0.2, 0.25) is 5.91 Å². The van der Waals surface area contributed by atoms with Crippen LogP contribution in [0.4, 0.5) is 8.78 Å². The van der Waals surface area contributed by atoms with Gasteiger partial charge in [0.15, 0.2) is 0 Å². The van der Waals surface area contributed by atoms with Gasteiger partial charge < -0.3 is 10.1 Å². The van der Waals surface area contributed by atoms with Crippen LogP contribution in [0.2, 0.25) is 0 Å². The smallest absolute Gasteiger partial charge is 0.328 e. The van der Waals surface area contributed by atoms with E-state index in [4.69, 9.17) is 4.74 Å². The molecule has 0 aromatic heterocycles. The Morgan fingerprint density at radius 1 is 1.12 bits per heavy atom. The number of nitrogens with one attached hydrogen (secondary N) is 1. The number of halogens is 2. The molecule has 0 spiro atoms. The Balaban J connectivity index is 2.06. The first-order valence-electron chi connectivity index (χ1n) is 7.75. The summed E-state index contributed by atoms with van der Waals surface area (Å²) >= 11 is 0. The molecule has 1 amide bonds. The molecule has 0 aliphatic carbocycles. The molecule has 0 aliphatic rings. The van der Waals surface area contributed by atoms with Crippen molar-refractivity contribution in [2.24, 2.45) is 0 Å². The van der Waals surface area contributed by atoms with Crippen LogP contribution >= 0.6 is 0 Å². The van der Waals surface area contributed by atoms with Crippen LogP contribution in [0.5, 0.6) is 0 Å². The molecule has 25 heavy (non-hydrogen) atoms. The van der Waals surface area contributed by atoms with Gasteiger partial charge in [0.25, 0.3) is 0 Å². The van der Waals surface area contributed by atoms with E-state index in [1.54, 1.807) is 0 Å². The van der Waals surface area contributed by atoms with Gasteiger partial charge in [-0.15, -0.1) is 0 Å². The zero-order valence-corrected chi connectivity index (χ0v) is 14.0. The van der Waals surface area contributed by atoms with Crippen molar-refractivity contribution in [2.45, 2.75) is 25.8 Å². The largest absolute Gasteiger partial charge is 0.467 e. The van der Waals surface area contributed by atoms with Gasteiger partial charge >= 0.3 is 5.97 Å². The second-order valence-electron chi connectivity index (χ2n) is 5.75. The van der Waals surface area contributed by atoms with Gasteiger partial charge in [-0.05, 0) is 24.1 Å². The number of ether oxygens (including phenoxy) is 1. The predicted molar refractivity (Wildman–Crippen MR) is 88.9 cm³/mol. The lowest BCUT2D eigenvalue weighted by molar-refractivity contribution is -0.145. The number of esters is 1. The lowest BCUT2D eigenvalue weighted by Crippen LogP contribution is -2.43. The van der Waals surface area contributed by atoms with Crippen LogP contribution in [0.25, 0.3) is 0 Å². The summed E-state index contributed by atoms with van der Waals surface area (Å²) in [6.07, 6.45) is -0.0436. The topological polar surface area (TPSA) is 55.4 Å². The van der Waals surface area contributed by atoms with Crippen molar-refractivity contribution in [2.75, 3.05) is 7.11 Å². The Kier molecular flexibility index (Phi) is 6.22. The molecule has 4 nitrogen and oxygen atoms in total. The molecule has 1 N–H and O–H groups in total. The van der Waals surface area contributed by atoms with E-state index >= 15 is 0 Å². The van der Waals surface area contributed by atoms with E-state index in [-0.39, 0.29) is 18.4 Å².